The van der Waals surface area contributed by atoms with Crippen LogP contribution in [0.3, 0.4) is 0 Å². The molecular formula is C24H30N2O4S. The number of amides is 2. The Hall–Kier alpha value is -2.38. The Kier molecular flexibility index (Phi) is 7.25. The smallest absolute Gasteiger partial charge is 0.242 e. The zero-order valence-electron chi connectivity index (χ0n) is 18.0. The Balaban J connectivity index is 1.46. The normalized spacial score (nSPS) is 17.8. The molecule has 0 bridgehead atoms. The molecule has 2 aromatic rings. The van der Waals surface area contributed by atoms with Crippen molar-refractivity contribution in [3.05, 3.63) is 52.2 Å². The van der Waals surface area contributed by atoms with Crippen LogP contribution in [0.15, 0.2) is 41.8 Å². The Morgan fingerprint density at radius 1 is 1.19 bits per heavy atom. The summed E-state index contributed by atoms with van der Waals surface area (Å²) in [4.78, 5) is 31.1. The summed E-state index contributed by atoms with van der Waals surface area (Å²) in [7, 11) is 1.65. The van der Waals surface area contributed by atoms with Gasteiger partial charge in [0.15, 0.2) is 0 Å². The van der Waals surface area contributed by atoms with E-state index in [1.54, 1.807) is 23.3 Å². The molecule has 1 aliphatic heterocycles. The number of para-hydroxylation sites is 1. The number of hydrogen-bond acceptors (Lipinski definition) is 5. The molecule has 1 atom stereocenters. The monoisotopic (exact) mass is 442 g/mol. The number of carbonyl (C=O) groups excluding carboxylic acids is 2. The van der Waals surface area contributed by atoms with Crippen molar-refractivity contribution >= 4 is 23.2 Å². The molecule has 0 radical (unpaired) electrons. The molecule has 1 aromatic carbocycles. The number of fused-ring (bicyclic) bond motifs is 1. The zero-order valence-corrected chi connectivity index (χ0v) is 18.8. The number of benzene rings is 1. The quantitative estimate of drug-likeness (QED) is 0.528. The van der Waals surface area contributed by atoms with Crippen LogP contribution in [-0.4, -0.2) is 61.6 Å². The molecule has 0 saturated heterocycles. The minimum absolute atomic E-state index is 0.00933. The lowest BCUT2D eigenvalue weighted by atomic mass is 10.0. The molecule has 0 spiro atoms. The van der Waals surface area contributed by atoms with E-state index >= 15 is 0 Å². The first-order valence-electron chi connectivity index (χ1n) is 11.0. The molecule has 1 aliphatic carbocycles. The second-order valence-corrected chi connectivity index (χ2v) is 9.16. The van der Waals surface area contributed by atoms with Crippen molar-refractivity contribution in [2.45, 2.75) is 31.7 Å². The van der Waals surface area contributed by atoms with Crippen LogP contribution in [0.1, 0.15) is 35.7 Å². The van der Waals surface area contributed by atoms with Crippen molar-refractivity contribution in [3.8, 4) is 5.75 Å². The van der Waals surface area contributed by atoms with Gasteiger partial charge in [0.25, 0.3) is 0 Å². The summed E-state index contributed by atoms with van der Waals surface area (Å²) in [6, 6.07) is 11.6. The topological polar surface area (TPSA) is 59.1 Å². The third-order valence-corrected chi connectivity index (χ3v) is 6.90. The maximum atomic E-state index is 13.4. The van der Waals surface area contributed by atoms with Crippen LogP contribution in [0.2, 0.25) is 0 Å². The second-order valence-electron chi connectivity index (χ2n) is 8.16. The average Bonchev–Trinajstić information content (AvgIpc) is 3.53. The summed E-state index contributed by atoms with van der Waals surface area (Å²) in [6.45, 7) is 2.31. The van der Waals surface area contributed by atoms with Crippen molar-refractivity contribution in [2.75, 3.05) is 40.0 Å². The molecule has 0 N–H and O–H groups in total. The van der Waals surface area contributed by atoms with Gasteiger partial charge in [0.2, 0.25) is 11.8 Å². The maximum absolute atomic E-state index is 13.4. The van der Waals surface area contributed by atoms with E-state index in [4.69, 9.17) is 9.47 Å². The van der Waals surface area contributed by atoms with Crippen LogP contribution in [0, 0.1) is 5.92 Å². The summed E-state index contributed by atoms with van der Waals surface area (Å²) >= 11 is 1.74. The predicted octanol–water partition coefficient (Wildman–Crippen LogP) is 3.53. The fourth-order valence-electron chi connectivity index (χ4n) is 4.08. The van der Waals surface area contributed by atoms with Crippen LogP contribution in [0.4, 0.5) is 0 Å². The Morgan fingerprint density at radius 2 is 2.00 bits per heavy atom. The first-order chi connectivity index (χ1) is 15.2. The molecule has 2 heterocycles. The lowest BCUT2D eigenvalue weighted by Crippen LogP contribution is -2.48. The van der Waals surface area contributed by atoms with E-state index < -0.39 is 0 Å². The van der Waals surface area contributed by atoms with Gasteiger partial charge in [-0.1, -0.05) is 18.2 Å². The number of ether oxygens (including phenoxy) is 2. The first kappa shape index (κ1) is 21.8. The van der Waals surface area contributed by atoms with Gasteiger partial charge in [-0.2, -0.15) is 0 Å². The summed E-state index contributed by atoms with van der Waals surface area (Å²) in [5, 5.41) is 2.09. The van der Waals surface area contributed by atoms with Crippen LogP contribution < -0.4 is 4.74 Å². The van der Waals surface area contributed by atoms with E-state index in [2.05, 4.69) is 11.4 Å². The van der Waals surface area contributed by atoms with Gasteiger partial charge < -0.3 is 19.3 Å². The van der Waals surface area contributed by atoms with Gasteiger partial charge in [0.05, 0.1) is 12.6 Å². The van der Waals surface area contributed by atoms with E-state index in [9.17, 15) is 9.59 Å². The van der Waals surface area contributed by atoms with Gasteiger partial charge in [-0.05, 0) is 54.8 Å². The highest BCUT2D eigenvalue weighted by molar-refractivity contribution is 7.10. The fourth-order valence-corrected chi connectivity index (χ4v) is 5.00. The molecule has 31 heavy (non-hydrogen) atoms. The van der Waals surface area contributed by atoms with Crippen LogP contribution in [-0.2, 0) is 20.7 Å². The molecule has 6 nitrogen and oxygen atoms in total. The molecule has 166 valence electrons. The highest BCUT2D eigenvalue weighted by atomic mass is 32.1. The van der Waals surface area contributed by atoms with Crippen molar-refractivity contribution in [1.82, 2.24) is 9.80 Å². The van der Waals surface area contributed by atoms with E-state index in [-0.39, 0.29) is 30.3 Å². The lowest BCUT2D eigenvalue weighted by molar-refractivity contribution is -0.143. The van der Waals surface area contributed by atoms with Crippen molar-refractivity contribution in [2.24, 2.45) is 5.92 Å². The number of methoxy groups -OCH3 is 1. The number of rotatable bonds is 10. The van der Waals surface area contributed by atoms with Crippen LogP contribution >= 0.6 is 11.3 Å². The van der Waals surface area contributed by atoms with Crippen LogP contribution in [0.5, 0.6) is 5.75 Å². The summed E-state index contributed by atoms with van der Waals surface area (Å²) in [6.07, 6.45) is 3.45. The fraction of sp³-hybridized carbons (Fsp3) is 0.500. The van der Waals surface area contributed by atoms with E-state index in [1.807, 2.05) is 35.2 Å². The number of nitrogens with zero attached hydrogens (tertiary/aromatic N) is 2. The Bertz CT molecular complexity index is 881. The summed E-state index contributed by atoms with van der Waals surface area (Å²) < 4.78 is 11.2. The molecule has 0 unspecified atom stereocenters. The standard InChI is InChI=1S/C24H30N2O4S/c1-29-14-5-12-25(24(28)18-8-9-18)16-23(27)26-13-10-22-20(11-15-31-22)21(26)17-30-19-6-3-2-4-7-19/h2-4,6-7,11,15,18,21H,5,8-10,12-14,16-17H2,1H3/t21-/m1/s1. The number of hydrogen-bond donors (Lipinski definition) is 0. The predicted molar refractivity (Wildman–Crippen MR) is 120 cm³/mol. The zero-order chi connectivity index (χ0) is 21.6. The molecule has 7 heteroatoms. The number of thiophene rings is 1. The van der Waals surface area contributed by atoms with Gasteiger partial charge in [-0.3, -0.25) is 9.59 Å². The molecule has 4 rings (SSSR count). The highest BCUT2D eigenvalue weighted by Gasteiger charge is 2.37. The number of carbonyl (C=O) groups is 2. The Labute approximate surface area is 187 Å². The summed E-state index contributed by atoms with van der Waals surface area (Å²) in [5.41, 5.74) is 1.17. The molecular weight excluding hydrogens is 412 g/mol. The van der Waals surface area contributed by atoms with Crippen LogP contribution in [0.25, 0.3) is 0 Å². The van der Waals surface area contributed by atoms with Crippen molar-refractivity contribution < 1.29 is 19.1 Å². The van der Waals surface area contributed by atoms with Gasteiger partial charge in [-0.25, -0.2) is 0 Å². The van der Waals surface area contributed by atoms with Crippen molar-refractivity contribution in [1.29, 1.82) is 0 Å². The molecule has 1 aromatic heterocycles. The van der Waals surface area contributed by atoms with E-state index in [1.165, 1.54) is 10.4 Å². The van der Waals surface area contributed by atoms with Gasteiger partial charge in [-0.15, -0.1) is 11.3 Å². The van der Waals surface area contributed by atoms with E-state index in [0.717, 1.165) is 31.4 Å². The van der Waals surface area contributed by atoms with E-state index in [0.29, 0.717) is 26.3 Å². The minimum atomic E-state index is -0.139. The van der Waals surface area contributed by atoms with Gasteiger partial charge in [0, 0.05) is 37.6 Å². The van der Waals surface area contributed by atoms with Crippen molar-refractivity contribution in [3.63, 3.8) is 0 Å². The molecule has 2 aliphatic rings. The Morgan fingerprint density at radius 3 is 2.74 bits per heavy atom. The molecule has 2 amide bonds. The molecule has 1 saturated carbocycles. The third kappa shape index (κ3) is 5.46. The third-order valence-electron chi connectivity index (χ3n) is 5.91. The largest absolute Gasteiger partial charge is 0.491 e. The molecule has 1 fully saturated rings. The highest BCUT2D eigenvalue weighted by Crippen LogP contribution is 2.35. The minimum Gasteiger partial charge on any atom is -0.491 e. The maximum Gasteiger partial charge on any atom is 0.242 e. The average molecular weight is 443 g/mol. The van der Waals surface area contributed by atoms with Gasteiger partial charge in [0.1, 0.15) is 12.4 Å². The lowest BCUT2D eigenvalue weighted by Gasteiger charge is -2.37. The second kappa shape index (κ2) is 10.3. The SMILES string of the molecule is COCCCN(CC(=O)N1CCc2sccc2[C@H]1COc1ccccc1)C(=O)C1CC1. The summed E-state index contributed by atoms with van der Waals surface area (Å²) in [5.74, 6) is 0.986. The van der Waals surface area contributed by atoms with Gasteiger partial charge >= 0.3 is 0 Å². The first-order valence-corrected chi connectivity index (χ1v) is 11.9.